The Morgan fingerprint density at radius 2 is 2.15 bits per heavy atom. The van der Waals surface area contributed by atoms with Crippen molar-refractivity contribution in [3.05, 3.63) is 29.8 Å². The summed E-state index contributed by atoms with van der Waals surface area (Å²) in [6, 6.07) is 8.19. The summed E-state index contributed by atoms with van der Waals surface area (Å²) >= 11 is 0. The Morgan fingerprint density at radius 1 is 1.26 bits per heavy atom. The molecule has 0 bridgehead atoms. The van der Waals surface area contributed by atoms with Crippen molar-refractivity contribution in [2.75, 3.05) is 44.2 Å². The maximum Gasteiger partial charge on any atom is 0.240 e. The molecular weight excluding hydrogens is 342 g/mol. The molecule has 2 fully saturated rings. The molecule has 2 saturated heterocycles. The smallest absolute Gasteiger partial charge is 0.240 e. The number of hydrogen-bond donors (Lipinski definition) is 1. The van der Waals surface area contributed by atoms with Gasteiger partial charge in [-0.05, 0) is 37.3 Å². The minimum Gasteiger partial charge on any atom is -0.377 e. The van der Waals surface area contributed by atoms with Crippen LogP contribution in [0.3, 0.4) is 0 Å². The number of hydrogen-bond acceptors (Lipinski definition) is 4. The van der Waals surface area contributed by atoms with Crippen LogP contribution in [0.1, 0.15) is 43.6 Å². The number of benzene rings is 1. The Balaban J connectivity index is 1.34. The Morgan fingerprint density at radius 3 is 2.93 bits per heavy atom. The van der Waals surface area contributed by atoms with Gasteiger partial charge in [-0.15, -0.1) is 0 Å². The first-order valence-electron chi connectivity index (χ1n) is 10.2. The van der Waals surface area contributed by atoms with E-state index >= 15 is 0 Å². The van der Waals surface area contributed by atoms with Gasteiger partial charge in [-0.3, -0.25) is 9.59 Å². The molecule has 6 nitrogen and oxygen atoms in total. The second kappa shape index (κ2) is 8.40. The third-order valence-electron chi connectivity index (χ3n) is 5.96. The van der Waals surface area contributed by atoms with E-state index in [2.05, 4.69) is 11.4 Å². The summed E-state index contributed by atoms with van der Waals surface area (Å²) in [5, 5.41) is 3.26. The van der Waals surface area contributed by atoms with Gasteiger partial charge in [0.2, 0.25) is 11.8 Å². The number of ether oxygens (including phenoxy) is 1. The molecule has 0 radical (unpaired) electrons. The average Bonchev–Trinajstić information content (AvgIpc) is 3.40. The average molecular weight is 371 g/mol. The molecule has 146 valence electrons. The summed E-state index contributed by atoms with van der Waals surface area (Å²) in [4.78, 5) is 28.5. The molecule has 27 heavy (non-hydrogen) atoms. The second-order valence-electron chi connectivity index (χ2n) is 7.80. The van der Waals surface area contributed by atoms with Crippen LogP contribution in [-0.2, 0) is 14.3 Å². The highest BCUT2D eigenvalue weighted by Gasteiger charge is 2.32. The van der Waals surface area contributed by atoms with Gasteiger partial charge in [0.05, 0.1) is 12.6 Å². The summed E-state index contributed by atoms with van der Waals surface area (Å²) < 4.78 is 5.60. The number of amides is 2. The van der Waals surface area contributed by atoms with Crippen molar-refractivity contribution in [1.82, 2.24) is 10.2 Å². The summed E-state index contributed by atoms with van der Waals surface area (Å²) in [5.74, 6) is 0.685. The molecule has 4 rings (SSSR count). The van der Waals surface area contributed by atoms with Crippen molar-refractivity contribution in [3.63, 3.8) is 0 Å². The second-order valence-corrected chi connectivity index (χ2v) is 7.80. The highest BCUT2D eigenvalue weighted by atomic mass is 16.5. The molecule has 1 N–H and O–H groups in total. The molecule has 0 unspecified atom stereocenters. The van der Waals surface area contributed by atoms with Crippen LogP contribution in [0.15, 0.2) is 24.3 Å². The first-order chi connectivity index (χ1) is 13.2. The van der Waals surface area contributed by atoms with Gasteiger partial charge < -0.3 is 19.9 Å². The van der Waals surface area contributed by atoms with Crippen LogP contribution in [0.25, 0.3) is 0 Å². The van der Waals surface area contributed by atoms with E-state index in [4.69, 9.17) is 4.74 Å². The van der Waals surface area contributed by atoms with Gasteiger partial charge in [-0.25, -0.2) is 0 Å². The van der Waals surface area contributed by atoms with E-state index in [0.29, 0.717) is 25.4 Å². The standard InChI is InChI=1S/C21H29N3O3/c25-20-8-3-10-23(20)11-9-16-15-24(19-7-2-1-6-18(16)19)21(26)14-22-13-17-5-4-12-27-17/h1-2,6-7,16-17,22H,3-5,8-15H2/t16-,17-/m0/s1. The molecule has 2 amide bonds. The zero-order chi connectivity index (χ0) is 18.6. The molecule has 3 aliphatic heterocycles. The predicted octanol–water partition coefficient (Wildman–Crippen LogP) is 1.90. The number of nitrogens with one attached hydrogen (secondary N) is 1. The van der Waals surface area contributed by atoms with E-state index in [1.165, 1.54) is 5.56 Å². The van der Waals surface area contributed by atoms with Crippen LogP contribution >= 0.6 is 0 Å². The Labute approximate surface area is 160 Å². The van der Waals surface area contributed by atoms with Crippen LogP contribution in [0.4, 0.5) is 5.69 Å². The molecule has 3 heterocycles. The Hall–Kier alpha value is -1.92. The minimum atomic E-state index is 0.111. The van der Waals surface area contributed by atoms with Gasteiger partial charge in [0, 0.05) is 50.8 Å². The van der Waals surface area contributed by atoms with Crippen molar-refractivity contribution in [3.8, 4) is 0 Å². The molecule has 0 saturated carbocycles. The monoisotopic (exact) mass is 371 g/mol. The number of para-hydroxylation sites is 1. The summed E-state index contributed by atoms with van der Waals surface area (Å²) in [5.41, 5.74) is 2.26. The van der Waals surface area contributed by atoms with Crippen LogP contribution in [-0.4, -0.2) is 62.1 Å². The van der Waals surface area contributed by atoms with E-state index in [9.17, 15) is 9.59 Å². The first-order valence-corrected chi connectivity index (χ1v) is 10.2. The molecule has 1 aromatic carbocycles. The lowest BCUT2D eigenvalue weighted by Crippen LogP contribution is -2.40. The third kappa shape index (κ3) is 4.17. The van der Waals surface area contributed by atoms with Crippen molar-refractivity contribution >= 4 is 17.5 Å². The SMILES string of the molecule is O=C1CCCN1CC[C@H]1CN(C(=O)CNC[C@@H]2CCCO2)c2ccccc21. The molecule has 0 aliphatic carbocycles. The lowest BCUT2D eigenvalue weighted by atomic mass is 9.98. The van der Waals surface area contributed by atoms with Crippen molar-refractivity contribution < 1.29 is 14.3 Å². The van der Waals surface area contributed by atoms with Gasteiger partial charge in [-0.1, -0.05) is 18.2 Å². The fraction of sp³-hybridized carbons (Fsp3) is 0.619. The molecule has 0 spiro atoms. The fourth-order valence-corrected chi connectivity index (χ4v) is 4.47. The first kappa shape index (κ1) is 18.4. The van der Waals surface area contributed by atoms with Gasteiger partial charge in [-0.2, -0.15) is 0 Å². The van der Waals surface area contributed by atoms with Crippen molar-refractivity contribution in [2.45, 2.75) is 44.1 Å². The van der Waals surface area contributed by atoms with Gasteiger partial charge in [0.15, 0.2) is 0 Å². The fourth-order valence-electron chi connectivity index (χ4n) is 4.47. The van der Waals surface area contributed by atoms with Crippen LogP contribution in [0, 0.1) is 0 Å². The number of anilines is 1. The van der Waals surface area contributed by atoms with Crippen molar-refractivity contribution in [1.29, 1.82) is 0 Å². The van der Waals surface area contributed by atoms with E-state index in [1.807, 2.05) is 28.0 Å². The molecule has 1 aromatic rings. The topological polar surface area (TPSA) is 61.9 Å². The lowest BCUT2D eigenvalue weighted by molar-refractivity contribution is -0.127. The number of carbonyl (C=O) groups excluding carboxylic acids is 2. The maximum atomic E-state index is 12.8. The number of fused-ring (bicyclic) bond motifs is 1. The van der Waals surface area contributed by atoms with E-state index in [0.717, 1.165) is 57.6 Å². The predicted molar refractivity (Wildman–Crippen MR) is 104 cm³/mol. The number of rotatable bonds is 7. The zero-order valence-corrected chi connectivity index (χ0v) is 15.9. The maximum absolute atomic E-state index is 12.8. The molecule has 3 aliphatic rings. The van der Waals surface area contributed by atoms with Crippen LogP contribution in [0.2, 0.25) is 0 Å². The van der Waals surface area contributed by atoms with Crippen LogP contribution < -0.4 is 10.2 Å². The summed E-state index contributed by atoms with van der Waals surface area (Å²) in [6.07, 6.45) is 5.00. The third-order valence-corrected chi connectivity index (χ3v) is 5.96. The van der Waals surface area contributed by atoms with E-state index in [-0.39, 0.29) is 17.9 Å². The quantitative estimate of drug-likeness (QED) is 0.795. The summed E-state index contributed by atoms with van der Waals surface area (Å²) in [6.45, 7) is 4.29. The molecule has 0 aromatic heterocycles. The minimum absolute atomic E-state index is 0.111. The highest BCUT2D eigenvalue weighted by molar-refractivity contribution is 5.97. The number of carbonyl (C=O) groups is 2. The molecule has 6 heteroatoms. The van der Waals surface area contributed by atoms with E-state index < -0.39 is 0 Å². The lowest BCUT2D eigenvalue weighted by Gasteiger charge is -2.20. The Kier molecular flexibility index (Phi) is 5.74. The van der Waals surface area contributed by atoms with Crippen LogP contribution in [0.5, 0.6) is 0 Å². The van der Waals surface area contributed by atoms with Gasteiger partial charge >= 0.3 is 0 Å². The normalized spacial score (nSPS) is 24.7. The van der Waals surface area contributed by atoms with Gasteiger partial charge in [0.1, 0.15) is 0 Å². The summed E-state index contributed by atoms with van der Waals surface area (Å²) in [7, 11) is 0. The van der Waals surface area contributed by atoms with E-state index in [1.54, 1.807) is 0 Å². The highest BCUT2D eigenvalue weighted by Crippen LogP contribution is 2.38. The zero-order valence-electron chi connectivity index (χ0n) is 15.9. The van der Waals surface area contributed by atoms with Crippen molar-refractivity contribution in [2.24, 2.45) is 0 Å². The number of nitrogens with zero attached hydrogens (tertiary/aromatic N) is 2. The molecular formula is C21H29N3O3. The number of likely N-dealkylation sites (tertiary alicyclic amines) is 1. The Bertz CT molecular complexity index is 687. The largest absolute Gasteiger partial charge is 0.377 e. The van der Waals surface area contributed by atoms with Gasteiger partial charge in [0.25, 0.3) is 0 Å². The molecule has 2 atom stereocenters.